The van der Waals surface area contributed by atoms with E-state index in [-0.39, 0.29) is 13.2 Å². The molecule has 1 amide bonds. The zero-order valence-electron chi connectivity index (χ0n) is 26.0. The maximum atomic E-state index is 12.8. The molecule has 3 aromatic rings. The third-order valence-corrected chi connectivity index (χ3v) is 7.33. The number of hydrazone groups is 1. The smallest absolute Gasteiger partial charge is 0.338 e. The summed E-state index contributed by atoms with van der Waals surface area (Å²) in [5, 5.41) is 10.6. The molecule has 3 N–H and O–H groups in total. The van der Waals surface area contributed by atoms with Gasteiger partial charge in [-0.3, -0.25) is 4.79 Å². The van der Waals surface area contributed by atoms with E-state index in [0.29, 0.717) is 40.1 Å². The normalized spacial score (nSPS) is 14.4. The van der Waals surface area contributed by atoms with Crippen LogP contribution in [-0.2, 0) is 20.9 Å². The molecule has 1 heterocycles. The van der Waals surface area contributed by atoms with Crippen molar-refractivity contribution in [2.45, 2.75) is 40.3 Å². The van der Waals surface area contributed by atoms with Gasteiger partial charge in [0.05, 0.1) is 24.4 Å². The lowest BCUT2D eigenvalue weighted by molar-refractivity contribution is -0.139. The molecule has 0 bridgehead atoms. The molecule has 4 rings (SSSR count). The third-order valence-electron chi connectivity index (χ3n) is 7.11. The van der Waals surface area contributed by atoms with Gasteiger partial charge in [0.15, 0.2) is 11.7 Å². The molecule has 236 valence electrons. The number of carbonyl (C=O) groups is 2. The SMILES string of the molecule is CCOC(=O)C1=C(C)NC(=S)N[C@H]1c1ccccc1OCC(=O)NN=Cc1ccc(N(CC)CC)cc1OCc1ccccc1. The number of carbonyl (C=O) groups excluding carboxylic acids is 2. The zero-order valence-corrected chi connectivity index (χ0v) is 26.8. The number of nitrogens with zero attached hydrogens (tertiary/aromatic N) is 2. The molecule has 3 aromatic carbocycles. The Labute approximate surface area is 269 Å². The summed E-state index contributed by atoms with van der Waals surface area (Å²) in [7, 11) is 0. The number of para-hydroxylation sites is 1. The molecule has 0 aliphatic carbocycles. The van der Waals surface area contributed by atoms with Crippen molar-refractivity contribution in [1.29, 1.82) is 0 Å². The van der Waals surface area contributed by atoms with Crippen LogP contribution in [0.2, 0.25) is 0 Å². The number of ether oxygens (including phenoxy) is 3. The van der Waals surface area contributed by atoms with E-state index in [1.165, 1.54) is 0 Å². The van der Waals surface area contributed by atoms with Crippen LogP contribution in [0.1, 0.15) is 50.4 Å². The Morgan fingerprint density at radius 2 is 1.71 bits per heavy atom. The average molecular weight is 630 g/mol. The van der Waals surface area contributed by atoms with E-state index in [4.69, 9.17) is 26.4 Å². The summed E-state index contributed by atoms with van der Waals surface area (Å²) in [5.41, 5.74) is 6.93. The number of rotatable bonds is 14. The molecular weight excluding hydrogens is 590 g/mol. The molecule has 0 spiro atoms. The number of hydrogen-bond donors (Lipinski definition) is 3. The molecule has 11 heteroatoms. The van der Waals surface area contributed by atoms with E-state index in [1.807, 2.05) is 60.7 Å². The summed E-state index contributed by atoms with van der Waals surface area (Å²) in [5.74, 6) is 0.136. The summed E-state index contributed by atoms with van der Waals surface area (Å²) in [4.78, 5) is 27.8. The number of benzene rings is 3. The summed E-state index contributed by atoms with van der Waals surface area (Å²) < 4.78 is 17.4. The Balaban J connectivity index is 1.45. The van der Waals surface area contributed by atoms with Crippen molar-refractivity contribution < 1.29 is 23.8 Å². The lowest BCUT2D eigenvalue weighted by Gasteiger charge is -2.30. The van der Waals surface area contributed by atoms with Gasteiger partial charge in [-0.2, -0.15) is 5.10 Å². The van der Waals surface area contributed by atoms with Crippen LogP contribution >= 0.6 is 12.2 Å². The Kier molecular flexibility index (Phi) is 11.9. The van der Waals surface area contributed by atoms with Crippen LogP contribution in [0.5, 0.6) is 11.5 Å². The number of anilines is 1. The van der Waals surface area contributed by atoms with Crippen LogP contribution in [0.4, 0.5) is 5.69 Å². The fraction of sp³-hybridized carbons (Fsp3) is 0.294. The Morgan fingerprint density at radius 1 is 0.978 bits per heavy atom. The first-order chi connectivity index (χ1) is 21.8. The Bertz CT molecular complexity index is 1560. The van der Waals surface area contributed by atoms with Gasteiger partial charge in [0.1, 0.15) is 18.1 Å². The molecule has 0 saturated carbocycles. The first kappa shape index (κ1) is 33.0. The topological polar surface area (TPSA) is 114 Å². The molecule has 0 fully saturated rings. The predicted molar refractivity (Wildman–Crippen MR) is 179 cm³/mol. The quantitative estimate of drug-likeness (QED) is 0.0982. The second-order valence-electron chi connectivity index (χ2n) is 10.1. The number of thiocarbonyl (C=S) groups is 1. The lowest BCUT2D eigenvalue weighted by Crippen LogP contribution is -2.45. The van der Waals surface area contributed by atoms with Gasteiger partial charge in [-0.25, -0.2) is 10.2 Å². The van der Waals surface area contributed by atoms with Gasteiger partial charge in [-0.15, -0.1) is 0 Å². The minimum atomic E-state index is -0.622. The molecule has 10 nitrogen and oxygen atoms in total. The van der Waals surface area contributed by atoms with E-state index in [9.17, 15) is 9.59 Å². The molecule has 1 aliphatic heterocycles. The summed E-state index contributed by atoms with van der Waals surface area (Å²) in [6.07, 6.45) is 1.55. The highest BCUT2D eigenvalue weighted by Crippen LogP contribution is 2.33. The first-order valence-corrected chi connectivity index (χ1v) is 15.3. The summed E-state index contributed by atoms with van der Waals surface area (Å²) >= 11 is 5.34. The number of esters is 1. The fourth-order valence-corrected chi connectivity index (χ4v) is 5.15. The molecule has 45 heavy (non-hydrogen) atoms. The van der Waals surface area contributed by atoms with Gasteiger partial charge in [0.25, 0.3) is 5.91 Å². The molecule has 0 radical (unpaired) electrons. The fourth-order valence-electron chi connectivity index (χ4n) is 4.88. The van der Waals surface area contributed by atoms with Crippen molar-refractivity contribution >= 4 is 41.1 Å². The van der Waals surface area contributed by atoms with Crippen molar-refractivity contribution in [3.63, 3.8) is 0 Å². The van der Waals surface area contributed by atoms with E-state index in [2.05, 4.69) is 39.9 Å². The van der Waals surface area contributed by atoms with Gasteiger partial charge >= 0.3 is 5.97 Å². The van der Waals surface area contributed by atoms with Crippen LogP contribution in [0.15, 0.2) is 89.2 Å². The van der Waals surface area contributed by atoms with Crippen LogP contribution < -0.4 is 30.4 Å². The molecule has 1 aliphatic rings. The van der Waals surface area contributed by atoms with E-state index in [1.54, 1.807) is 32.2 Å². The maximum Gasteiger partial charge on any atom is 0.338 e. The van der Waals surface area contributed by atoms with Crippen molar-refractivity contribution in [3.8, 4) is 11.5 Å². The van der Waals surface area contributed by atoms with Crippen molar-refractivity contribution in [1.82, 2.24) is 16.1 Å². The Morgan fingerprint density at radius 3 is 2.44 bits per heavy atom. The maximum absolute atomic E-state index is 12.8. The van der Waals surface area contributed by atoms with Gasteiger partial charge < -0.3 is 29.7 Å². The van der Waals surface area contributed by atoms with Crippen LogP contribution in [-0.4, -0.2) is 49.5 Å². The monoisotopic (exact) mass is 629 g/mol. The third kappa shape index (κ3) is 8.82. The minimum absolute atomic E-state index is 0.229. The lowest BCUT2D eigenvalue weighted by atomic mass is 9.95. The highest BCUT2D eigenvalue weighted by atomic mass is 32.1. The zero-order chi connectivity index (χ0) is 32.2. The summed E-state index contributed by atoms with van der Waals surface area (Å²) in [6.45, 7) is 9.76. The number of allylic oxidation sites excluding steroid dienone is 1. The van der Waals surface area contributed by atoms with E-state index < -0.39 is 17.9 Å². The second kappa shape index (κ2) is 16.2. The van der Waals surface area contributed by atoms with Gasteiger partial charge in [0, 0.05) is 41.7 Å². The molecule has 1 atom stereocenters. The van der Waals surface area contributed by atoms with Crippen LogP contribution in [0.25, 0.3) is 0 Å². The van der Waals surface area contributed by atoms with E-state index >= 15 is 0 Å². The molecule has 0 aromatic heterocycles. The van der Waals surface area contributed by atoms with Gasteiger partial charge in [-0.05, 0) is 63.7 Å². The molecule has 0 saturated heterocycles. The highest BCUT2D eigenvalue weighted by molar-refractivity contribution is 7.80. The van der Waals surface area contributed by atoms with Crippen LogP contribution in [0.3, 0.4) is 0 Å². The van der Waals surface area contributed by atoms with Crippen molar-refractivity contribution in [2.24, 2.45) is 5.10 Å². The van der Waals surface area contributed by atoms with Gasteiger partial charge in [-0.1, -0.05) is 48.5 Å². The Hall–Kier alpha value is -4.90. The molecule has 0 unspecified atom stereocenters. The predicted octanol–water partition coefficient (Wildman–Crippen LogP) is 5.00. The van der Waals surface area contributed by atoms with Crippen molar-refractivity contribution in [3.05, 3.63) is 101 Å². The molecular formula is C34H39N5O5S. The van der Waals surface area contributed by atoms with Crippen molar-refractivity contribution in [2.75, 3.05) is 31.2 Å². The second-order valence-corrected chi connectivity index (χ2v) is 10.5. The van der Waals surface area contributed by atoms with Gasteiger partial charge in [0.2, 0.25) is 0 Å². The minimum Gasteiger partial charge on any atom is -0.488 e. The first-order valence-electron chi connectivity index (χ1n) is 14.9. The largest absolute Gasteiger partial charge is 0.488 e. The number of nitrogens with one attached hydrogen (secondary N) is 3. The highest BCUT2D eigenvalue weighted by Gasteiger charge is 2.32. The number of hydrogen-bond acceptors (Lipinski definition) is 8. The van der Waals surface area contributed by atoms with E-state index in [0.717, 1.165) is 29.9 Å². The van der Waals surface area contributed by atoms with Crippen LogP contribution in [0, 0.1) is 0 Å². The standard InChI is InChI=1S/C34H39N5O5S/c1-5-39(6-2)26-18-17-25(29(19-26)43-21-24-13-9-8-10-14-24)20-35-38-30(40)22-44-28-16-12-11-15-27(28)32-31(33(41)42-7-3)23(4)36-34(45)37-32/h8-20,32H,5-7,21-22H2,1-4H3,(H,38,40)(H2,36,37,45)/t32-/m0/s1. The number of amides is 1. The summed E-state index contributed by atoms with van der Waals surface area (Å²) in [6, 6.07) is 22.3. The average Bonchev–Trinajstić information content (AvgIpc) is 3.04.